The van der Waals surface area contributed by atoms with Gasteiger partial charge >= 0.3 is 0 Å². The molecule has 9 rings (SSSR count). The van der Waals surface area contributed by atoms with Gasteiger partial charge in [0.2, 0.25) is 11.8 Å². The van der Waals surface area contributed by atoms with Gasteiger partial charge in [-0.3, -0.25) is 38.6 Å². The number of benzene rings is 4. The van der Waals surface area contributed by atoms with Crippen molar-refractivity contribution in [2.24, 2.45) is 11.0 Å². The lowest BCUT2D eigenvalue weighted by Gasteiger charge is -2.39. The number of amides is 5. The second-order valence-corrected chi connectivity index (χ2v) is 21.8. The summed E-state index contributed by atoms with van der Waals surface area (Å²) in [4.78, 5) is 92.7. The van der Waals surface area contributed by atoms with Gasteiger partial charge in [-0.25, -0.2) is 19.9 Å². The van der Waals surface area contributed by atoms with E-state index in [0.717, 1.165) is 74.2 Å². The van der Waals surface area contributed by atoms with Crippen molar-refractivity contribution in [1.29, 1.82) is 0 Å². The number of likely N-dealkylation sites (tertiary alicyclic amines) is 1. The van der Waals surface area contributed by atoms with E-state index in [1.165, 1.54) is 11.6 Å². The number of H-pyrrole nitrogens is 1. The van der Waals surface area contributed by atoms with Crippen LogP contribution in [0.5, 0.6) is 0 Å². The number of carbonyl (C=O) groups is 5. The van der Waals surface area contributed by atoms with Crippen molar-refractivity contribution in [1.82, 2.24) is 50.4 Å². The van der Waals surface area contributed by atoms with Gasteiger partial charge in [0.25, 0.3) is 23.3 Å². The minimum Gasteiger partial charge on any atom is -0.338 e. The van der Waals surface area contributed by atoms with E-state index < -0.39 is 11.7 Å². The van der Waals surface area contributed by atoms with Gasteiger partial charge in [0, 0.05) is 101 Å². The van der Waals surface area contributed by atoms with Crippen molar-refractivity contribution in [2.75, 3.05) is 90.4 Å². The van der Waals surface area contributed by atoms with Crippen molar-refractivity contribution in [3.63, 3.8) is 0 Å². The number of aryl methyl sites for hydroxylation is 2. The first-order chi connectivity index (χ1) is 41.1. The highest BCUT2D eigenvalue weighted by atomic mass is 32.1. The molecule has 20 heteroatoms. The van der Waals surface area contributed by atoms with Crippen molar-refractivity contribution in [3.05, 3.63) is 195 Å². The third-order valence-electron chi connectivity index (χ3n) is 15.6. The number of aromatic amines is 1. The molecule has 4 N–H and O–H groups in total. The Morgan fingerprint density at radius 1 is 0.779 bits per heavy atom. The number of fused-ring (bicyclic) bond motifs is 1. The molecular weight excluding hydrogens is 1110 g/mol. The maximum absolute atomic E-state index is 15.1. The van der Waals surface area contributed by atoms with Crippen LogP contribution < -0.4 is 21.6 Å². The minimum absolute atomic E-state index is 0. The van der Waals surface area contributed by atoms with Crippen LogP contribution in [-0.2, 0) is 33.8 Å². The average Bonchev–Trinajstić information content (AvgIpc) is 3.55. The molecule has 3 fully saturated rings. The standard InChI is InChI=1S/C56H63FN10O5.C10H14N2O.H2S/c1-3-39-9-7-11-43(29-39)44-32-50(60-51(68)35-58-33-42-10-6-8-38(2)28-42)53(59-34-44)56(72)67-22-20-64(21-23-67)36-40-16-18-63(19-17-40)37-52(69)65-24-26-66(27-25-65)55(71)47-30-41(14-15-48(47)57)31-49-45-12-4-5-13-46(45)54(70)62-61-49;1-5-6-7-9(8(2)3)10(13)12-11-4;/h4-15,28-30,32,34,40,58H,3,16-27,31,33,35-37H2,1-2H3,(H,60,68)(H,62,70);5-7H,2,4H2,1,3H3,(H,12,13);1H2/b;6-5-,9-7+;. The molecule has 3 aliphatic heterocycles. The molecule has 0 aliphatic carbocycles. The van der Waals surface area contributed by atoms with Gasteiger partial charge in [-0.05, 0) is 117 Å². The Morgan fingerprint density at radius 2 is 1.47 bits per heavy atom. The van der Waals surface area contributed by atoms with Gasteiger partial charge in [0.1, 0.15) is 5.82 Å². The number of piperazine rings is 2. The van der Waals surface area contributed by atoms with Crippen LogP contribution in [0.25, 0.3) is 21.9 Å². The Bertz CT molecular complexity index is 3530. The van der Waals surface area contributed by atoms with Crippen LogP contribution in [0.2, 0.25) is 0 Å². The number of allylic oxidation sites excluding steroid dienone is 3. The number of halogens is 1. The number of aromatic nitrogens is 3. The highest BCUT2D eigenvalue weighted by Crippen LogP contribution is 2.28. The number of piperidine rings is 1. The SMILES string of the molecule is C=NNC(=O)/C(=C/C=C\C)C(=C)C.CCc1cccc(-c2cnc(C(=O)N3CCN(CC4CCN(CC(=O)N5CCN(C(=O)c6cc(Cc7n[nH]c(=O)c8ccccc78)ccc6F)CC5)CC4)CC3)c(NC(=O)CNCc3cccc(C)c3)c2)c1.S. The smallest absolute Gasteiger partial charge is 0.274 e. The minimum atomic E-state index is -0.609. The number of hydrogen-bond donors (Lipinski definition) is 4. The topological polar surface area (TPSA) is 209 Å². The van der Waals surface area contributed by atoms with E-state index in [2.05, 4.69) is 84.6 Å². The normalized spacial score (nSPS) is 15.1. The number of nitrogens with one attached hydrogen (secondary N) is 4. The largest absolute Gasteiger partial charge is 0.338 e. The third kappa shape index (κ3) is 17.6. The lowest BCUT2D eigenvalue weighted by atomic mass is 9.96. The maximum atomic E-state index is 15.1. The van der Waals surface area contributed by atoms with Crippen molar-refractivity contribution >= 4 is 66.2 Å². The number of hydrazone groups is 1. The van der Waals surface area contributed by atoms with Gasteiger partial charge in [-0.15, -0.1) is 0 Å². The molecule has 0 radical (unpaired) electrons. The fourth-order valence-corrected chi connectivity index (χ4v) is 10.9. The van der Waals surface area contributed by atoms with Crippen LogP contribution in [0.15, 0.2) is 149 Å². The van der Waals surface area contributed by atoms with Gasteiger partial charge in [-0.2, -0.15) is 23.7 Å². The lowest BCUT2D eigenvalue weighted by Crippen LogP contribution is -2.53. The molecule has 18 nitrogen and oxygen atoms in total. The van der Waals surface area contributed by atoms with Crippen LogP contribution in [0.1, 0.15) is 82.4 Å². The van der Waals surface area contributed by atoms with E-state index in [1.807, 2.05) is 73.4 Å². The molecule has 86 heavy (non-hydrogen) atoms. The van der Waals surface area contributed by atoms with Gasteiger partial charge in [0.05, 0.1) is 35.4 Å². The van der Waals surface area contributed by atoms with E-state index in [4.69, 9.17) is 0 Å². The average molecular weight is 1190 g/mol. The molecule has 0 saturated carbocycles. The quantitative estimate of drug-likeness (QED) is 0.0268. The molecule has 0 unspecified atom stereocenters. The third-order valence-corrected chi connectivity index (χ3v) is 15.6. The van der Waals surface area contributed by atoms with Crippen LogP contribution in [0, 0.1) is 18.7 Å². The zero-order valence-corrected chi connectivity index (χ0v) is 50.7. The molecular formula is C66H79FN12O6S. The Balaban J connectivity index is 0.000000676. The summed E-state index contributed by atoms with van der Waals surface area (Å²) >= 11 is 0. The second-order valence-electron chi connectivity index (χ2n) is 21.8. The first-order valence-corrected chi connectivity index (χ1v) is 29.1. The maximum Gasteiger partial charge on any atom is 0.274 e. The Morgan fingerprint density at radius 3 is 2.16 bits per heavy atom. The number of hydrogen-bond acceptors (Lipinski definition) is 12. The monoisotopic (exact) mass is 1190 g/mol. The van der Waals surface area contributed by atoms with Crippen molar-refractivity contribution in [2.45, 2.75) is 59.9 Å². The fraction of sp³-hybridized carbons (Fsp3) is 0.348. The zero-order chi connectivity index (χ0) is 60.4. The van der Waals surface area contributed by atoms with E-state index in [1.54, 1.807) is 59.3 Å². The molecule has 5 amide bonds. The highest BCUT2D eigenvalue weighted by molar-refractivity contribution is 7.59. The summed E-state index contributed by atoms with van der Waals surface area (Å²) in [6, 6.07) is 29.9. The van der Waals surface area contributed by atoms with E-state index >= 15 is 4.39 Å². The summed E-state index contributed by atoms with van der Waals surface area (Å²) in [5.74, 6) is -1.27. The van der Waals surface area contributed by atoms with Crippen LogP contribution >= 0.6 is 13.5 Å². The van der Waals surface area contributed by atoms with Crippen molar-refractivity contribution in [3.8, 4) is 11.1 Å². The first-order valence-electron chi connectivity index (χ1n) is 29.1. The molecule has 0 spiro atoms. The van der Waals surface area contributed by atoms with Crippen LogP contribution in [0.4, 0.5) is 10.1 Å². The Kier molecular flexibility index (Phi) is 24.0. The Hall–Kier alpha value is -8.43. The number of carbonyl (C=O) groups excluding carboxylic acids is 5. The summed E-state index contributed by atoms with van der Waals surface area (Å²) < 4.78 is 15.1. The first kappa shape index (κ1) is 65.1. The molecule has 4 aromatic carbocycles. The summed E-state index contributed by atoms with van der Waals surface area (Å²) in [5, 5.41) is 17.5. The highest BCUT2D eigenvalue weighted by Gasteiger charge is 2.31. The molecule has 6 aromatic rings. The van der Waals surface area contributed by atoms with E-state index in [9.17, 15) is 28.8 Å². The summed E-state index contributed by atoms with van der Waals surface area (Å²) in [5.41, 5.74) is 10.3. The predicted molar refractivity (Wildman–Crippen MR) is 342 cm³/mol. The molecule has 0 bridgehead atoms. The lowest BCUT2D eigenvalue weighted by molar-refractivity contribution is -0.134. The zero-order valence-electron chi connectivity index (χ0n) is 49.7. The number of anilines is 1. The second kappa shape index (κ2) is 31.6. The van der Waals surface area contributed by atoms with Crippen LogP contribution in [-0.4, -0.2) is 161 Å². The number of pyridine rings is 1. The number of rotatable bonds is 19. The molecule has 452 valence electrons. The van der Waals surface area contributed by atoms with Crippen LogP contribution in [0.3, 0.4) is 0 Å². The van der Waals surface area contributed by atoms with Gasteiger partial charge < -0.3 is 25.3 Å². The predicted octanol–water partition coefficient (Wildman–Crippen LogP) is 7.68. The summed E-state index contributed by atoms with van der Waals surface area (Å²) in [6.45, 7) is 22.0. The summed E-state index contributed by atoms with van der Waals surface area (Å²) in [6.07, 6.45) is 10.1. The Labute approximate surface area is 509 Å². The van der Waals surface area contributed by atoms with E-state index in [-0.39, 0.29) is 60.5 Å². The molecule has 0 atom stereocenters. The van der Waals surface area contributed by atoms with Gasteiger partial charge in [0.15, 0.2) is 5.69 Å². The van der Waals surface area contributed by atoms with Gasteiger partial charge in [-0.1, -0.05) is 104 Å². The fourth-order valence-electron chi connectivity index (χ4n) is 10.9. The number of nitrogens with zero attached hydrogens (tertiary/aromatic N) is 8. The molecule has 3 aliphatic rings. The molecule has 5 heterocycles. The van der Waals surface area contributed by atoms with Crippen molar-refractivity contribution < 1.29 is 28.4 Å². The molecule has 3 saturated heterocycles. The molecule has 2 aromatic heterocycles. The summed E-state index contributed by atoms with van der Waals surface area (Å²) in [7, 11) is 0. The van der Waals surface area contributed by atoms with E-state index in [0.29, 0.717) is 104 Å².